The van der Waals surface area contributed by atoms with E-state index >= 15 is 0 Å². The van der Waals surface area contributed by atoms with E-state index in [9.17, 15) is 9.90 Å². The fourth-order valence-corrected chi connectivity index (χ4v) is 13.4. The van der Waals surface area contributed by atoms with Crippen LogP contribution in [-0.2, 0) is 19.0 Å². The Hall–Kier alpha value is -2.73. The molecule has 2 aliphatic heterocycles. The van der Waals surface area contributed by atoms with Crippen LogP contribution in [0.5, 0.6) is 0 Å². The third-order valence-electron chi connectivity index (χ3n) is 16.8. The van der Waals surface area contributed by atoms with Gasteiger partial charge in [0, 0.05) is 42.0 Å². The topological polar surface area (TPSA) is 148 Å². The zero-order valence-corrected chi connectivity index (χ0v) is 33.0. The van der Waals surface area contributed by atoms with Gasteiger partial charge in [0.2, 0.25) is 0 Å². The van der Waals surface area contributed by atoms with Gasteiger partial charge in [-0.2, -0.15) is 5.10 Å². The number of carbonyl (C=O) groups is 1. The number of aromatic nitrogens is 5. The number of carboxylic acids is 1. The molecular formula is C42H62N6O5. The fourth-order valence-electron chi connectivity index (χ4n) is 13.4. The summed E-state index contributed by atoms with van der Waals surface area (Å²) < 4.78 is 21.7. The summed E-state index contributed by atoms with van der Waals surface area (Å²) in [5.41, 5.74) is 7.46. The van der Waals surface area contributed by atoms with Crippen LogP contribution in [0.4, 0.5) is 0 Å². The molecule has 0 radical (unpaired) electrons. The second-order valence-corrected chi connectivity index (χ2v) is 19.5. The Balaban J connectivity index is 1.23. The molecule has 4 aliphatic carbocycles. The predicted octanol–water partition coefficient (Wildman–Crippen LogP) is 6.76. The van der Waals surface area contributed by atoms with Crippen LogP contribution in [0.3, 0.4) is 0 Å². The smallest absolute Gasteiger partial charge is 0.307 e. The molecular weight excluding hydrogens is 668 g/mol. The van der Waals surface area contributed by atoms with E-state index in [4.69, 9.17) is 30.0 Å². The van der Waals surface area contributed by atoms with Gasteiger partial charge in [0.1, 0.15) is 12.7 Å². The number of ether oxygens (including phenoxy) is 3. The average Bonchev–Trinajstić information content (AvgIpc) is 3.61. The second-order valence-electron chi connectivity index (χ2n) is 19.5. The van der Waals surface area contributed by atoms with E-state index in [1.807, 2.05) is 0 Å². The van der Waals surface area contributed by atoms with Crippen molar-refractivity contribution in [1.29, 1.82) is 0 Å². The summed E-state index contributed by atoms with van der Waals surface area (Å²) in [6.45, 7) is 19.2. The number of nitrogens with zero attached hydrogens (tertiary/aromatic N) is 5. The van der Waals surface area contributed by atoms with Crippen LogP contribution in [0.2, 0.25) is 0 Å². The molecule has 2 bridgehead atoms. The molecule has 11 heteroatoms. The lowest BCUT2D eigenvalue weighted by Crippen LogP contribution is -2.69. The lowest BCUT2D eigenvalue weighted by atomic mass is 9.34. The Morgan fingerprint density at radius 1 is 1.00 bits per heavy atom. The Labute approximate surface area is 315 Å². The van der Waals surface area contributed by atoms with Gasteiger partial charge in [-0.05, 0) is 91.3 Å². The molecule has 53 heavy (non-hydrogen) atoms. The SMILES string of the molecule is CC(C)[C@@H](C)[C@@]1(C)CC[C@]2(C)[C@H]3CC[C@@H]4[C@@]5(COC[C@@]4(C)[C@@H](OCC4(N)CCOCC4)[C@H](n4ncnc4-c4cncnc4)C5)C3=CC[C@@]2(C)[C@@H]1C(=O)O. The van der Waals surface area contributed by atoms with E-state index in [2.05, 4.69) is 69.2 Å². The molecule has 11 atom stereocenters. The van der Waals surface area contributed by atoms with Crippen LogP contribution in [0.15, 0.2) is 36.7 Å². The van der Waals surface area contributed by atoms with Crippen molar-refractivity contribution >= 4 is 5.97 Å². The Kier molecular flexibility index (Phi) is 9.07. The average molecular weight is 731 g/mol. The summed E-state index contributed by atoms with van der Waals surface area (Å²) in [5.74, 6) is 0.993. The molecule has 6 aliphatic rings. The van der Waals surface area contributed by atoms with E-state index in [0.717, 1.165) is 62.8 Å². The summed E-state index contributed by atoms with van der Waals surface area (Å²) in [4.78, 5) is 27.0. The van der Waals surface area contributed by atoms with E-state index in [-0.39, 0.29) is 45.1 Å². The van der Waals surface area contributed by atoms with Gasteiger partial charge in [0.15, 0.2) is 5.82 Å². The summed E-state index contributed by atoms with van der Waals surface area (Å²) in [7, 11) is 0. The highest BCUT2D eigenvalue weighted by atomic mass is 16.5. The van der Waals surface area contributed by atoms with E-state index < -0.39 is 17.4 Å². The Bertz CT molecular complexity index is 1730. The van der Waals surface area contributed by atoms with Crippen molar-refractivity contribution in [3.05, 3.63) is 36.7 Å². The first-order valence-corrected chi connectivity index (χ1v) is 20.3. The van der Waals surface area contributed by atoms with Crippen molar-refractivity contribution in [2.75, 3.05) is 33.0 Å². The standard InChI is InChI=1S/C42H62N6O5/c1-26(2)27(3)37(4)12-13-39(6)29-8-9-32-38(5)21-52-23-42(32,30(29)10-11-40(39,7)33(37)36(49)50)18-31(34(38)53-22-41(43)14-16-51-17-15-41)48-35(46-25-47-48)28-19-44-24-45-20-28/h10,19-20,24-27,29,31-34H,8-9,11-18,21-23,43H2,1-7H3,(H,49,50)/t27-,29+,31-,32+,33-,34+,37-,38-,39-,40+,42+/m1/s1. The van der Waals surface area contributed by atoms with Crippen LogP contribution in [0.25, 0.3) is 11.4 Å². The minimum absolute atomic E-state index is 0.143. The maximum Gasteiger partial charge on any atom is 0.307 e. The molecule has 290 valence electrons. The molecule has 0 unspecified atom stereocenters. The van der Waals surface area contributed by atoms with Gasteiger partial charge in [-0.3, -0.25) is 4.79 Å². The molecule has 2 aromatic heterocycles. The van der Waals surface area contributed by atoms with Gasteiger partial charge in [-0.1, -0.05) is 60.1 Å². The molecule has 0 amide bonds. The zero-order chi connectivity index (χ0) is 37.6. The number of allylic oxidation sites excluding steroid dienone is 1. The summed E-state index contributed by atoms with van der Waals surface area (Å²) in [6, 6.07) is -0.143. The van der Waals surface area contributed by atoms with E-state index in [0.29, 0.717) is 50.8 Å². The molecule has 2 aromatic rings. The third kappa shape index (κ3) is 5.36. The van der Waals surface area contributed by atoms with Gasteiger partial charge in [-0.15, -0.1) is 0 Å². The fraction of sp³-hybridized carbons (Fsp3) is 0.786. The molecule has 3 N–H and O–H groups in total. The van der Waals surface area contributed by atoms with Crippen LogP contribution in [0, 0.1) is 56.7 Å². The first-order valence-electron chi connectivity index (χ1n) is 20.3. The molecule has 0 aromatic carbocycles. The number of hydrogen-bond acceptors (Lipinski definition) is 9. The van der Waals surface area contributed by atoms with Gasteiger partial charge in [-0.25, -0.2) is 19.6 Å². The highest BCUT2D eigenvalue weighted by Gasteiger charge is 2.72. The maximum atomic E-state index is 13.6. The summed E-state index contributed by atoms with van der Waals surface area (Å²) in [6.07, 6.45) is 16.2. The largest absolute Gasteiger partial charge is 0.481 e. The number of hydrogen-bond donors (Lipinski definition) is 2. The quantitative estimate of drug-likeness (QED) is 0.279. The van der Waals surface area contributed by atoms with Gasteiger partial charge < -0.3 is 25.1 Å². The van der Waals surface area contributed by atoms with Gasteiger partial charge >= 0.3 is 5.97 Å². The number of rotatable bonds is 8. The second kappa shape index (κ2) is 12.9. The molecule has 2 saturated heterocycles. The van der Waals surface area contributed by atoms with Gasteiger partial charge in [0.05, 0.1) is 43.4 Å². The van der Waals surface area contributed by atoms with Crippen molar-refractivity contribution in [1.82, 2.24) is 24.7 Å². The number of fused-ring (bicyclic) bond motifs is 3. The van der Waals surface area contributed by atoms with Crippen molar-refractivity contribution in [2.45, 2.75) is 118 Å². The normalized spacial score (nSPS) is 42.5. The molecule has 5 fully saturated rings. The Morgan fingerprint density at radius 2 is 1.74 bits per heavy atom. The minimum Gasteiger partial charge on any atom is -0.481 e. The predicted molar refractivity (Wildman–Crippen MR) is 200 cm³/mol. The molecule has 4 heterocycles. The monoisotopic (exact) mass is 730 g/mol. The Morgan fingerprint density at radius 3 is 2.43 bits per heavy atom. The van der Waals surface area contributed by atoms with Gasteiger partial charge in [0.25, 0.3) is 0 Å². The maximum absolute atomic E-state index is 13.6. The first-order chi connectivity index (χ1) is 25.1. The first kappa shape index (κ1) is 37.2. The van der Waals surface area contributed by atoms with Crippen molar-refractivity contribution in [3.8, 4) is 11.4 Å². The van der Waals surface area contributed by atoms with Crippen molar-refractivity contribution in [3.63, 3.8) is 0 Å². The van der Waals surface area contributed by atoms with Crippen molar-refractivity contribution < 1.29 is 24.1 Å². The van der Waals surface area contributed by atoms with E-state index in [1.165, 1.54) is 11.9 Å². The van der Waals surface area contributed by atoms with Crippen LogP contribution in [-0.4, -0.2) is 80.5 Å². The third-order valence-corrected chi connectivity index (χ3v) is 16.8. The highest BCUT2D eigenvalue weighted by Crippen LogP contribution is 2.75. The van der Waals surface area contributed by atoms with E-state index in [1.54, 1.807) is 18.7 Å². The van der Waals surface area contributed by atoms with Crippen LogP contribution >= 0.6 is 0 Å². The van der Waals surface area contributed by atoms with Crippen molar-refractivity contribution in [2.24, 2.45) is 62.4 Å². The molecule has 8 rings (SSSR count). The number of carboxylic acid groups (broad SMARTS) is 1. The molecule has 11 nitrogen and oxygen atoms in total. The van der Waals surface area contributed by atoms with Crippen LogP contribution in [0.1, 0.15) is 106 Å². The number of aliphatic carboxylic acids is 1. The summed E-state index contributed by atoms with van der Waals surface area (Å²) >= 11 is 0. The van der Waals surface area contributed by atoms with Crippen LogP contribution < -0.4 is 5.73 Å². The minimum atomic E-state index is -0.630. The number of nitrogens with two attached hydrogens (primary N) is 1. The zero-order valence-electron chi connectivity index (χ0n) is 33.0. The highest BCUT2D eigenvalue weighted by molar-refractivity contribution is 5.73. The lowest BCUT2D eigenvalue weighted by molar-refractivity contribution is -0.253. The molecule has 3 saturated carbocycles. The summed E-state index contributed by atoms with van der Waals surface area (Å²) in [5, 5.41) is 16.1. The molecule has 0 spiro atoms. The lowest BCUT2D eigenvalue weighted by Gasteiger charge is -2.71.